The lowest BCUT2D eigenvalue weighted by Gasteiger charge is -2.26. The van der Waals surface area contributed by atoms with Gasteiger partial charge in [-0.05, 0) is 31.0 Å². The van der Waals surface area contributed by atoms with Crippen molar-refractivity contribution in [1.29, 1.82) is 5.26 Å². The molecule has 0 saturated carbocycles. The molecule has 104 valence electrons. The summed E-state index contributed by atoms with van der Waals surface area (Å²) >= 11 is 0. The van der Waals surface area contributed by atoms with E-state index in [0.29, 0.717) is 24.3 Å². The second-order valence-electron chi connectivity index (χ2n) is 4.24. The third-order valence-corrected chi connectivity index (χ3v) is 4.93. The van der Waals surface area contributed by atoms with E-state index < -0.39 is 15.3 Å². The number of hydrogen-bond acceptors (Lipinski definition) is 4. The molecule has 0 aromatic heterocycles. The van der Waals surface area contributed by atoms with Gasteiger partial charge in [-0.3, -0.25) is 4.31 Å². The number of hydrogen-bond donors (Lipinski definition) is 1. The summed E-state index contributed by atoms with van der Waals surface area (Å²) in [4.78, 5) is 0. The van der Waals surface area contributed by atoms with Gasteiger partial charge in [-0.25, -0.2) is 8.42 Å². The lowest BCUT2D eigenvalue weighted by Crippen LogP contribution is -2.38. The first kappa shape index (κ1) is 15.3. The van der Waals surface area contributed by atoms with Crippen molar-refractivity contribution < 1.29 is 8.42 Å². The molecule has 0 saturated heterocycles. The van der Waals surface area contributed by atoms with Crippen molar-refractivity contribution in [1.82, 2.24) is 0 Å². The zero-order valence-corrected chi connectivity index (χ0v) is 12.0. The van der Waals surface area contributed by atoms with E-state index in [2.05, 4.69) is 0 Å². The first-order chi connectivity index (χ1) is 8.97. The summed E-state index contributed by atoms with van der Waals surface area (Å²) in [6.07, 6.45) is 0.928. The van der Waals surface area contributed by atoms with Gasteiger partial charge in [-0.15, -0.1) is 0 Å². The van der Waals surface area contributed by atoms with Gasteiger partial charge in [0.2, 0.25) is 0 Å². The van der Waals surface area contributed by atoms with Crippen molar-refractivity contribution in [3.63, 3.8) is 0 Å². The van der Waals surface area contributed by atoms with Gasteiger partial charge in [0.05, 0.1) is 11.8 Å². The van der Waals surface area contributed by atoms with Crippen LogP contribution >= 0.6 is 0 Å². The van der Waals surface area contributed by atoms with Gasteiger partial charge in [0.25, 0.3) is 10.0 Å². The summed E-state index contributed by atoms with van der Waals surface area (Å²) in [6, 6.07) is 8.55. The molecule has 1 aromatic carbocycles. The maximum Gasteiger partial charge on any atom is 0.251 e. The van der Waals surface area contributed by atoms with Crippen LogP contribution < -0.4 is 10.0 Å². The van der Waals surface area contributed by atoms with E-state index in [1.54, 1.807) is 31.2 Å². The van der Waals surface area contributed by atoms with Crippen molar-refractivity contribution >= 4 is 21.4 Å². The summed E-state index contributed by atoms with van der Waals surface area (Å²) in [5.41, 5.74) is 6.70. The number of nitrogens with two attached hydrogens (primary N) is 1. The van der Waals surface area contributed by atoms with Gasteiger partial charge >= 0.3 is 0 Å². The fourth-order valence-corrected chi connectivity index (χ4v) is 3.51. The maximum atomic E-state index is 12.5. The number of benzene rings is 1. The van der Waals surface area contributed by atoms with Crippen molar-refractivity contribution in [3.05, 3.63) is 24.3 Å². The van der Waals surface area contributed by atoms with E-state index in [4.69, 9.17) is 11.0 Å². The average Bonchev–Trinajstić information content (AvgIpc) is 2.36. The summed E-state index contributed by atoms with van der Waals surface area (Å²) < 4.78 is 26.2. The highest BCUT2D eigenvalue weighted by atomic mass is 32.2. The molecule has 1 aromatic rings. The van der Waals surface area contributed by atoms with Crippen LogP contribution in [0.1, 0.15) is 26.7 Å². The minimum Gasteiger partial charge on any atom is -0.399 e. The molecular formula is C13H19N3O2S. The lowest BCUT2D eigenvalue weighted by molar-refractivity contribution is 0.581. The maximum absolute atomic E-state index is 12.5. The topological polar surface area (TPSA) is 87.2 Å². The van der Waals surface area contributed by atoms with Crippen molar-refractivity contribution in [2.45, 2.75) is 31.9 Å². The highest BCUT2D eigenvalue weighted by Crippen LogP contribution is 2.24. The van der Waals surface area contributed by atoms with E-state index in [-0.39, 0.29) is 6.42 Å². The number of nitriles is 1. The van der Waals surface area contributed by atoms with Gasteiger partial charge in [-0.1, -0.05) is 19.9 Å². The third-order valence-electron chi connectivity index (χ3n) is 2.77. The molecule has 0 amide bonds. The molecule has 1 atom stereocenters. The molecule has 19 heavy (non-hydrogen) atoms. The van der Waals surface area contributed by atoms with Crippen LogP contribution in [0.25, 0.3) is 0 Å². The molecule has 0 heterocycles. The van der Waals surface area contributed by atoms with Crippen LogP contribution in [-0.2, 0) is 10.0 Å². The van der Waals surface area contributed by atoms with Crippen LogP contribution in [0.4, 0.5) is 11.4 Å². The first-order valence-electron chi connectivity index (χ1n) is 6.24. The Bertz CT molecular complexity index is 563. The highest BCUT2D eigenvalue weighted by molar-refractivity contribution is 7.93. The largest absolute Gasteiger partial charge is 0.399 e. The number of sulfonamides is 1. The second kappa shape index (κ2) is 6.43. The zero-order valence-electron chi connectivity index (χ0n) is 11.2. The standard InChI is InChI=1S/C13H19N3O2S/c1-3-8-16(12-7-5-6-11(15)9-12)19(17,18)13(4-2)10-14/h5-7,9,13H,3-4,8,15H2,1-2H3. The van der Waals surface area contributed by atoms with Gasteiger partial charge in [0.1, 0.15) is 0 Å². The molecule has 0 spiro atoms. The molecule has 6 heteroatoms. The van der Waals surface area contributed by atoms with Crippen LogP contribution in [-0.4, -0.2) is 20.2 Å². The van der Waals surface area contributed by atoms with Crippen LogP contribution in [0.15, 0.2) is 24.3 Å². The van der Waals surface area contributed by atoms with E-state index in [1.165, 1.54) is 4.31 Å². The predicted molar refractivity (Wildman–Crippen MR) is 77.1 cm³/mol. The number of nitrogens with zero attached hydrogens (tertiary/aromatic N) is 2. The lowest BCUT2D eigenvalue weighted by atomic mass is 10.3. The fraction of sp³-hybridized carbons (Fsp3) is 0.462. The second-order valence-corrected chi connectivity index (χ2v) is 6.28. The monoisotopic (exact) mass is 281 g/mol. The Labute approximate surface area is 114 Å². The molecule has 2 N–H and O–H groups in total. The summed E-state index contributed by atoms with van der Waals surface area (Å²) in [7, 11) is -3.68. The molecule has 0 bridgehead atoms. The number of nitrogen functional groups attached to an aromatic ring is 1. The van der Waals surface area contributed by atoms with E-state index in [9.17, 15) is 8.42 Å². The molecule has 1 unspecified atom stereocenters. The Balaban J connectivity index is 3.25. The molecule has 5 nitrogen and oxygen atoms in total. The molecule has 1 rings (SSSR count). The van der Waals surface area contributed by atoms with E-state index >= 15 is 0 Å². The molecule has 0 aliphatic heterocycles. The smallest absolute Gasteiger partial charge is 0.251 e. The van der Waals surface area contributed by atoms with Crippen LogP contribution in [0.2, 0.25) is 0 Å². The Morgan fingerprint density at radius 2 is 2.11 bits per heavy atom. The minimum atomic E-state index is -3.68. The average molecular weight is 281 g/mol. The van der Waals surface area contributed by atoms with Crippen molar-refractivity contribution in [2.75, 3.05) is 16.6 Å². The summed E-state index contributed by atoms with van der Waals surface area (Å²) in [6.45, 7) is 3.92. The SMILES string of the molecule is CCCN(c1cccc(N)c1)S(=O)(=O)C(C#N)CC. The quantitative estimate of drug-likeness (QED) is 0.809. The Hall–Kier alpha value is -1.74. The minimum absolute atomic E-state index is 0.265. The summed E-state index contributed by atoms with van der Waals surface area (Å²) in [5.74, 6) is 0. The van der Waals surface area contributed by atoms with E-state index in [0.717, 1.165) is 0 Å². The molecule has 0 aliphatic rings. The number of rotatable bonds is 6. The molecule has 0 fully saturated rings. The normalized spacial score (nSPS) is 12.7. The van der Waals surface area contributed by atoms with Crippen molar-refractivity contribution in [3.8, 4) is 6.07 Å². The van der Waals surface area contributed by atoms with Gasteiger partial charge in [0, 0.05) is 12.2 Å². The molecule has 0 aliphatic carbocycles. The van der Waals surface area contributed by atoms with Gasteiger partial charge < -0.3 is 5.73 Å². The predicted octanol–water partition coefficient (Wildman–Crippen LogP) is 2.12. The van der Waals surface area contributed by atoms with E-state index in [1.807, 2.05) is 13.0 Å². The zero-order chi connectivity index (χ0) is 14.5. The van der Waals surface area contributed by atoms with Crippen molar-refractivity contribution in [2.24, 2.45) is 0 Å². The van der Waals surface area contributed by atoms with Crippen LogP contribution in [0.5, 0.6) is 0 Å². The molecule has 0 radical (unpaired) electrons. The fourth-order valence-electron chi connectivity index (χ4n) is 1.81. The van der Waals surface area contributed by atoms with Gasteiger partial charge in [0.15, 0.2) is 5.25 Å². The van der Waals surface area contributed by atoms with Crippen LogP contribution in [0.3, 0.4) is 0 Å². The first-order valence-corrected chi connectivity index (χ1v) is 7.74. The summed E-state index contributed by atoms with van der Waals surface area (Å²) in [5, 5.41) is 7.97. The molecular weight excluding hydrogens is 262 g/mol. The highest BCUT2D eigenvalue weighted by Gasteiger charge is 2.30. The van der Waals surface area contributed by atoms with Gasteiger partial charge in [-0.2, -0.15) is 5.26 Å². The third kappa shape index (κ3) is 3.38. The Morgan fingerprint density at radius 3 is 2.58 bits per heavy atom. The number of anilines is 2. The Morgan fingerprint density at radius 1 is 1.42 bits per heavy atom. The Kier molecular flexibility index (Phi) is 5.19. The van der Waals surface area contributed by atoms with Crippen LogP contribution in [0, 0.1) is 11.3 Å².